The molecular formula is C16H22N2O3. The molecule has 114 valence electrons. The third-order valence-electron chi connectivity index (χ3n) is 3.60. The van der Waals surface area contributed by atoms with Gasteiger partial charge in [-0.1, -0.05) is 12.1 Å². The van der Waals surface area contributed by atoms with Crippen LogP contribution < -0.4 is 10.6 Å². The van der Waals surface area contributed by atoms with E-state index in [1.165, 1.54) is 0 Å². The standard InChI is InChI=1S/C16H22N2O3/c1-16(2,21)9-7-11-3-5-12(6-4-11)14(19)18-13-8-10-17-15(13)20/h3-6,13,21H,7-10H2,1-2H3,(H,17,20)(H,18,19)/t13-/m1/s1. The van der Waals surface area contributed by atoms with Crippen molar-refractivity contribution in [2.75, 3.05) is 6.54 Å². The zero-order valence-electron chi connectivity index (χ0n) is 12.5. The monoisotopic (exact) mass is 290 g/mol. The molecule has 3 N–H and O–H groups in total. The fourth-order valence-corrected chi connectivity index (χ4v) is 2.25. The van der Waals surface area contributed by atoms with E-state index in [1.54, 1.807) is 26.0 Å². The lowest BCUT2D eigenvalue weighted by Gasteiger charge is -2.16. The van der Waals surface area contributed by atoms with Gasteiger partial charge in [-0.25, -0.2) is 0 Å². The van der Waals surface area contributed by atoms with E-state index in [-0.39, 0.29) is 11.8 Å². The average Bonchev–Trinajstić information content (AvgIpc) is 2.82. The zero-order chi connectivity index (χ0) is 15.5. The highest BCUT2D eigenvalue weighted by Gasteiger charge is 2.25. The SMILES string of the molecule is CC(C)(O)CCc1ccc(C(=O)N[C@@H]2CCNC2=O)cc1. The fraction of sp³-hybridized carbons (Fsp3) is 0.500. The zero-order valence-corrected chi connectivity index (χ0v) is 12.5. The van der Waals surface area contributed by atoms with Crippen molar-refractivity contribution in [1.29, 1.82) is 0 Å². The van der Waals surface area contributed by atoms with Crippen LogP contribution in [0.15, 0.2) is 24.3 Å². The van der Waals surface area contributed by atoms with Crippen molar-refractivity contribution in [3.05, 3.63) is 35.4 Å². The summed E-state index contributed by atoms with van der Waals surface area (Å²) in [5, 5.41) is 15.1. The van der Waals surface area contributed by atoms with Crippen molar-refractivity contribution >= 4 is 11.8 Å². The molecule has 5 heteroatoms. The lowest BCUT2D eigenvalue weighted by Crippen LogP contribution is -2.40. The maximum Gasteiger partial charge on any atom is 0.251 e. The Bertz CT molecular complexity index is 517. The van der Waals surface area contributed by atoms with Crippen LogP contribution in [0.25, 0.3) is 0 Å². The predicted molar refractivity (Wildman–Crippen MR) is 79.9 cm³/mol. The molecule has 1 saturated heterocycles. The molecule has 1 heterocycles. The van der Waals surface area contributed by atoms with E-state index in [0.29, 0.717) is 24.9 Å². The summed E-state index contributed by atoms with van der Waals surface area (Å²) in [4.78, 5) is 23.5. The Labute approximate surface area is 124 Å². The number of amides is 2. The van der Waals surface area contributed by atoms with Crippen LogP contribution in [0.5, 0.6) is 0 Å². The van der Waals surface area contributed by atoms with Crippen molar-refractivity contribution in [2.24, 2.45) is 0 Å². The Hall–Kier alpha value is -1.88. The first-order chi connectivity index (χ1) is 9.85. The van der Waals surface area contributed by atoms with E-state index in [9.17, 15) is 14.7 Å². The van der Waals surface area contributed by atoms with Gasteiger partial charge in [0, 0.05) is 12.1 Å². The third-order valence-corrected chi connectivity index (χ3v) is 3.60. The van der Waals surface area contributed by atoms with Gasteiger partial charge in [0.2, 0.25) is 5.91 Å². The summed E-state index contributed by atoms with van der Waals surface area (Å²) in [7, 11) is 0. The third kappa shape index (κ3) is 4.56. The van der Waals surface area contributed by atoms with Gasteiger partial charge in [0.05, 0.1) is 5.60 Å². The minimum absolute atomic E-state index is 0.120. The van der Waals surface area contributed by atoms with E-state index in [0.717, 1.165) is 12.0 Å². The van der Waals surface area contributed by atoms with Gasteiger partial charge in [0.15, 0.2) is 0 Å². The Kier molecular flexibility index (Phi) is 4.63. The lowest BCUT2D eigenvalue weighted by atomic mass is 9.98. The van der Waals surface area contributed by atoms with Gasteiger partial charge in [-0.15, -0.1) is 0 Å². The van der Waals surface area contributed by atoms with Gasteiger partial charge < -0.3 is 15.7 Å². The highest BCUT2D eigenvalue weighted by atomic mass is 16.3. The van der Waals surface area contributed by atoms with E-state index in [1.807, 2.05) is 12.1 Å². The number of carbonyl (C=O) groups excluding carboxylic acids is 2. The number of nitrogens with one attached hydrogen (secondary N) is 2. The molecule has 1 aromatic carbocycles. The molecule has 0 unspecified atom stereocenters. The van der Waals surface area contributed by atoms with Gasteiger partial charge >= 0.3 is 0 Å². The number of aliphatic hydroxyl groups is 1. The minimum atomic E-state index is -0.689. The van der Waals surface area contributed by atoms with Crippen LogP contribution in [0.3, 0.4) is 0 Å². The predicted octanol–water partition coefficient (Wildman–Crippen LogP) is 1.01. The second-order valence-corrected chi connectivity index (χ2v) is 6.12. The van der Waals surface area contributed by atoms with Crippen LogP contribution in [-0.4, -0.2) is 35.1 Å². The van der Waals surface area contributed by atoms with Crippen molar-refractivity contribution in [2.45, 2.75) is 44.8 Å². The molecule has 0 spiro atoms. The second-order valence-electron chi connectivity index (χ2n) is 6.12. The Morgan fingerprint density at radius 3 is 2.57 bits per heavy atom. The quantitative estimate of drug-likeness (QED) is 0.757. The summed E-state index contributed by atoms with van der Waals surface area (Å²) < 4.78 is 0. The fourth-order valence-electron chi connectivity index (χ4n) is 2.25. The number of benzene rings is 1. The summed E-state index contributed by atoms with van der Waals surface area (Å²) in [5.41, 5.74) is 0.931. The molecule has 1 aliphatic heterocycles. The van der Waals surface area contributed by atoms with Crippen molar-refractivity contribution in [3.8, 4) is 0 Å². The molecule has 1 aromatic rings. The number of aryl methyl sites for hydroxylation is 1. The van der Waals surface area contributed by atoms with Gasteiger partial charge in [0.25, 0.3) is 5.91 Å². The molecule has 0 aliphatic carbocycles. The van der Waals surface area contributed by atoms with Crippen LogP contribution in [0.4, 0.5) is 0 Å². The molecule has 2 amide bonds. The van der Waals surface area contributed by atoms with Crippen LogP contribution in [0.2, 0.25) is 0 Å². The summed E-state index contributed by atoms with van der Waals surface area (Å²) >= 11 is 0. The molecule has 1 fully saturated rings. The molecule has 0 saturated carbocycles. The van der Waals surface area contributed by atoms with Crippen LogP contribution in [-0.2, 0) is 11.2 Å². The maximum absolute atomic E-state index is 12.0. The number of hydrogen-bond acceptors (Lipinski definition) is 3. The summed E-state index contributed by atoms with van der Waals surface area (Å²) in [6, 6.07) is 6.85. The van der Waals surface area contributed by atoms with Gasteiger partial charge in [0.1, 0.15) is 6.04 Å². The number of rotatable bonds is 5. The highest BCUT2D eigenvalue weighted by Crippen LogP contribution is 2.14. The smallest absolute Gasteiger partial charge is 0.251 e. The molecule has 1 atom stereocenters. The van der Waals surface area contributed by atoms with Crippen molar-refractivity contribution in [3.63, 3.8) is 0 Å². The van der Waals surface area contributed by atoms with Crippen molar-refractivity contribution < 1.29 is 14.7 Å². The van der Waals surface area contributed by atoms with Crippen molar-refractivity contribution in [1.82, 2.24) is 10.6 Å². The van der Waals surface area contributed by atoms with Crippen LogP contribution >= 0.6 is 0 Å². The van der Waals surface area contributed by atoms with E-state index in [2.05, 4.69) is 10.6 Å². The minimum Gasteiger partial charge on any atom is -0.390 e. The first-order valence-corrected chi connectivity index (χ1v) is 7.25. The molecule has 0 aromatic heterocycles. The maximum atomic E-state index is 12.0. The Morgan fingerprint density at radius 1 is 1.38 bits per heavy atom. The largest absolute Gasteiger partial charge is 0.390 e. The Balaban J connectivity index is 1.92. The van der Waals surface area contributed by atoms with E-state index in [4.69, 9.17) is 0 Å². The first kappa shape index (κ1) is 15.5. The van der Waals surface area contributed by atoms with Crippen LogP contribution in [0.1, 0.15) is 42.6 Å². The summed E-state index contributed by atoms with van der Waals surface area (Å²) in [5.74, 6) is -0.351. The Morgan fingerprint density at radius 2 is 2.05 bits per heavy atom. The van der Waals surface area contributed by atoms with E-state index >= 15 is 0 Å². The molecule has 5 nitrogen and oxygen atoms in total. The average molecular weight is 290 g/mol. The lowest BCUT2D eigenvalue weighted by molar-refractivity contribution is -0.120. The first-order valence-electron chi connectivity index (χ1n) is 7.25. The normalized spacial score (nSPS) is 18.4. The highest BCUT2D eigenvalue weighted by molar-refractivity contribution is 5.98. The number of carbonyl (C=O) groups is 2. The second kappa shape index (κ2) is 6.26. The molecule has 21 heavy (non-hydrogen) atoms. The van der Waals surface area contributed by atoms with E-state index < -0.39 is 11.6 Å². The molecule has 1 aliphatic rings. The van der Waals surface area contributed by atoms with Gasteiger partial charge in [-0.3, -0.25) is 9.59 Å². The van der Waals surface area contributed by atoms with Crippen LogP contribution in [0, 0.1) is 0 Å². The van der Waals surface area contributed by atoms with Gasteiger partial charge in [-0.2, -0.15) is 0 Å². The van der Waals surface area contributed by atoms with Gasteiger partial charge in [-0.05, 0) is 50.8 Å². The molecule has 2 rings (SSSR count). The molecular weight excluding hydrogens is 268 g/mol. The molecule has 0 bridgehead atoms. The topological polar surface area (TPSA) is 78.4 Å². The summed E-state index contributed by atoms with van der Waals surface area (Å²) in [6.45, 7) is 4.17. The summed E-state index contributed by atoms with van der Waals surface area (Å²) in [6.07, 6.45) is 2.06. The molecule has 0 radical (unpaired) electrons. The number of hydrogen-bond donors (Lipinski definition) is 3.